The summed E-state index contributed by atoms with van der Waals surface area (Å²) in [5, 5.41) is 0. The second-order valence-corrected chi connectivity index (χ2v) is 16.0. The van der Waals surface area contributed by atoms with E-state index in [4.69, 9.17) is 14.2 Å². The molecule has 0 saturated heterocycles. The zero-order valence-electron chi connectivity index (χ0n) is 38.5. The SMILES string of the molecule is CC/C=C\C/C=C\C/C=C\C/C=C\C/C=C\C/C=C\CCCCCCC(=O)OCC(COC(=O)CCCCCCCCC)OC(=O)CCCCCCCCCCCCC. The Morgan fingerprint density at radius 1 is 0.356 bits per heavy atom. The second kappa shape index (κ2) is 47.5. The zero-order valence-corrected chi connectivity index (χ0v) is 38.5. The van der Waals surface area contributed by atoms with Gasteiger partial charge in [0, 0.05) is 19.3 Å². The molecule has 0 saturated carbocycles. The van der Waals surface area contributed by atoms with Crippen molar-refractivity contribution in [3.8, 4) is 0 Å². The van der Waals surface area contributed by atoms with Gasteiger partial charge in [-0.1, -0.05) is 209 Å². The molecule has 0 aromatic rings. The Labute approximate surface area is 363 Å². The Kier molecular flexibility index (Phi) is 45.0. The number of carbonyl (C=O) groups is 3. The van der Waals surface area contributed by atoms with Gasteiger partial charge in [-0.25, -0.2) is 0 Å². The lowest BCUT2D eigenvalue weighted by Gasteiger charge is -2.18. The van der Waals surface area contributed by atoms with E-state index in [1.165, 1.54) is 77.0 Å². The summed E-state index contributed by atoms with van der Waals surface area (Å²) < 4.78 is 16.7. The molecule has 0 bridgehead atoms. The molecule has 0 amide bonds. The molecular weight excluding hydrogens is 733 g/mol. The first-order valence-electron chi connectivity index (χ1n) is 24.4. The number of allylic oxidation sites excluding steroid dienone is 12. The molecule has 0 heterocycles. The van der Waals surface area contributed by atoms with E-state index in [1.54, 1.807) is 0 Å². The maximum Gasteiger partial charge on any atom is 0.306 e. The summed E-state index contributed by atoms with van der Waals surface area (Å²) >= 11 is 0. The largest absolute Gasteiger partial charge is 0.462 e. The molecule has 6 nitrogen and oxygen atoms in total. The first kappa shape index (κ1) is 55.9. The molecule has 0 aromatic carbocycles. The first-order chi connectivity index (χ1) is 29.0. The molecule has 0 aliphatic rings. The monoisotopic (exact) mass is 823 g/mol. The molecule has 0 rings (SSSR count). The van der Waals surface area contributed by atoms with Crippen LogP contribution in [0.25, 0.3) is 0 Å². The van der Waals surface area contributed by atoms with Crippen molar-refractivity contribution in [2.45, 2.75) is 232 Å². The van der Waals surface area contributed by atoms with Crippen LogP contribution < -0.4 is 0 Å². The highest BCUT2D eigenvalue weighted by Gasteiger charge is 2.19. The second-order valence-electron chi connectivity index (χ2n) is 16.0. The van der Waals surface area contributed by atoms with Crippen molar-refractivity contribution in [3.63, 3.8) is 0 Å². The molecule has 0 aromatic heterocycles. The number of unbranched alkanes of at least 4 members (excludes halogenated alkanes) is 20. The van der Waals surface area contributed by atoms with Crippen LogP contribution in [-0.4, -0.2) is 37.2 Å². The van der Waals surface area contributed by atoms with Crippen molar-refractivity contribution in [1.82, 2.24) is 0 Å². The molecule has 0 aliphatic carbocycles. The number of carbonyl (C=O) groups excluding carboxylic acids is 3. The van der Waals surface area contributed by atoms with Crippen LogP contribution in [0.15, 0.2) is 72.9 Å². The van der Waals surface area contributed by atoms with Gasteiger partial charge in [0.25, 0.3) is 0 Å². The van der Waals surface area contributed by atoms with Crippen LogP contribution in [0.5, 0.6) is 0 Å². The summed E-state index contributed by atoms with van der Waals surface area (Å²) in [6, 6.07) is 0. The first-order valence-corrected chi connectivity index (χ1v) is 24.4. The molecule has 338 valence electrons. The predicted octanol–water partition coefficient (Wildman–Crippen LogP) is 15.9. The van der Waals surface area contributed by atoms with E-state index < -0.39 is 6.10 Å². The van der Waals surface area contributed by atoms with Crippen LogP contribution in [0.1, 0.15) is 226 Å². The van der Waals surface area contributed by atoms with Gasteiger partial charge in [-0.15, -0.1) is 0 Å². The van der Waals surface area contributed by atoms with E-state index in [0.717, 1.165) is 109 Å². The van der Waals surface area contributed by atoms with Crippen LogP contribution in [-0.2, 0) is 28.6 Å². The van der Waals surface area contributed by atoms with Gasteiger partial charge >= 0.3 is 17.9 Å². The fourth-order valence-electron chi connectivity index (χ4n) is 6.56. The maximum atomic E-state index is 12.7. The number of ether oxygens (including phenoxy) is 3. The van der Waals surface area contributed by atoms with Crippen molar-refractivity contribution in [1.29, 1.82) is 0 Å². The standard InChI is InChI=1S/C53H90O6/c1-4-7-10-13-16-18-20-21-22-23-24-25-26-27-28-29-30-31-33-34-37-40-43-46-52(55)58-49-50(48-57-51(54)45-42-39-36-15-12-9-6-3)59-53(56)47-44-41-38-35-32-19-17-14-11-8-5-2/h7,10,16,18,21-22,24-25,27-28,30-31,50H,4-6,8-9,11-15,17,19-20,23,26,29,32-49H2,1-3H3/b10-7-,18-16-,22-21-,25-24-,28-27-,31-30-. The van der Waals surface area contributed by atoms with Gasteiger partial charge in [-0.3, -0.25) is 14.4 Å². The lowest BCUT2D eigenvalue weighted by Crippen LogP contribution is -2.30. The third kappa shape index (κ3) is 45.8. The molecule has 0 aliphatic heterocycles. The lowest BCUT2D eigenvalue weighted by atomic mass is 10.1. The van der Waals surface area contributed by atoms with Crippen molar-refractivity contribution in [3.05, 3.63) is 72.9 Å². The molecule has 59 heavy (non-hydrogen) atoms. The Balaban J connectivity index is 4.27. The van der Waals surface area contributed by atoms with Crippen molar-refractivity contribution in [2.75, 3.05) is 13.2 Å². The highest BCUT2D eigenvalue weighted by molar-refractivity contribution is 5.71. The maximum absolute atomic E-state index is 12.7. The van der Waals surface area contributed by atoms with Crippen LogP contribution in [0.3, 0.4) is 0 Å². The molecule has 0 spiro atoms. The van der Waals surface area contributed by atoms with Gasteiger partial charge in [0.05, 0.1) is 0 Å². The van der Waals surface area contributed by atoms with Crippen molar-refractivity contribution in [2.24, 2.45) is 0 Å². The molecule has 1 atom stereocenters. The van der Waals surface area contributed by atoms with Gasteiger partial charge in [-0.05, 0) is 70.6 Å². The van der Waals surface area contributed by atoms with Crippen molar-refractivity contribution >= 4 is 17.9 Å². The van der Waals surface area contributed by atoms with Gasteiger partial charge in [0.1, 0.15) is 13.2 Å². The van der Waals surface area contributed by atoms with E-state index in [2.05, 4.69) is 93.7 Å². The smallest absolute Gasteiger partial charge is 0.306 e. The molecule has 0 fully saturated rings. The van der Waals surface area contributed by atoms with E-state index in [9.17, 15) is 14.4 Å². The van der Waals surface area contributed by atoms with Gasteiger partial charge in [-0.2, -0.15) is 0 Å². The minimum Gasteiger partial charge on any atom is -0.462 e. The Morgan fingerprint density at radius 2 is 0.661 bits per heavy atom. The number of hydrogen-bond donors (Lipinski definition) is 0. The van der Waals surface area contributed by atoms with Gasteiger partial charge in [0.2, 0.25) is 0 Å². The van der Waals surface area contributed by atoms with Crippen molar-refractivity contribution < 1.29 is 28.6 Å². The molecule has 0 N–H and O–H groups in total. The fourth-order valence-corrected chi connectivity index (χ4v) is 6.56. The third-order valence-corrected chi connectivity index (χ3v) is 10.2. The Morgan fingerprint density at radius 3 is 1.03 bits per heavy atom. The van der Waals surface area contributed by atoms with E-state index in [-0.39, 0.29) is 31.1 Å². The van der Waals surface area contributed by atoms with E-state index in [0.29, 0.717) is 19.3 Å². The Bertz CT molecular complexity index is 1130. The molecule has 0 radical (unpaired) electrons. The summed E-state index contributed by atoms with van der Waals surface area (Å²) in [5.41, 5.74) is 0. The van der Waals surface area contributed by atoms with E-state index in [1.807, 2.05) is 0 Å². The normalized spacial score (nSPS) is 12.7. The van der Waals surface area contributed by atoms with Gasteiger partial charge < -0.3 is 14.2 Å². The summed E-state index contributed by atoms with van der Waals surface area (Å²) in [4.78, 5) is 37.7. The topological polar surface area (TPSA) is 78.9 Å². The van der Waals surface area contributed by atoms with Crippen LogP contribution in [0.4, 0.5) is 0 Å². The highest BCUT2D eigenvalue weighted by Crippen LogP contribution is 2.14. The van der Waals surface area contributed by atoms with Gasteiger partial charge in [0.15, 0.2) is 6.10 Å². The van der Waals surface area contributed by atoms with Crippen LogP contribution >= 0.6 is 0 Å². The average molecular weight is 823 g/mol. The number of rotatable bonds is 43. The molecule has 6 heteroatoms. The number of esters is 3. The highest BCUT2D eigenvalue weighted by atomic mass is 16.6. The minimum atomic E-state index is -0.779. The Hall–Kier alpha value is -3.15. The summed E-state index contributed by atoms with van der Waals surface area (Å²) in [7, 11) is 0. The molecular formula is C53H90O6. The fraction of sp³-hybridized carbons (Fsp3) is 0.717. The lowest BCUT2D eigenvalue weighted by molar-refractivity contribution is -0.167. The zero-order chi connectivity index (χ0) is 43.0. The summed E-state index contributed by atoms with van der Waals surface area (Å²) in [6.07, 6.45) is 59.0. The minimum absolute atomic E-state index is 0.0821. The quantitative estimate of drug-likeness (QED) is 0.0264. The average Bonchev–Trinajstić information content (AvgIpc) is 3.23. The number of hydrogen-bond acceptors (Lipinski definition) is 6. The van der Waals surface area contributed by atoms with E-state index >= 15 is 0 Å². The summed E-state index contributed by atoms with van der Waals surface area (Å²) in [6.45, 7) is 6.44. The third-order valence-electron chi connectivity index (χ3n) is 10.2. The van der Waals surface area contributed by atoms with Crippen LogP contribution in [0, 0.1) is 0 Å². The predicted molar refractivity (Wildman–Crippen MR) is 251 cm³/mol. The summed E-state index contributed by atoms with van der Waals surface area (Å²) in [5.74, 6) is -0.917. The molecule has 1 unspecified atom stereocenters. The van der Waals surface area contributed by atoms with Crippen LogP contribution in [0.2, 0.25) is 0 Å².